The molecule has 0 N–H and O–H groups in total. The highest BCUT2D eigenvalue weighted by atomic mass is 32.1. The van der Waals surface area contributed by atoms with Gasteiger partial charge in [-0.25, -0.2) is 9.78 Å². The van der Waals surface area contributed by atoms with E-state index in [9.17, 15) is 9.59 Å². The van der Waals surface area contributed by atoms with Gasteiger partial charge in [-0.2, -0.15) is 0 Å². The van der Waals surface area contributed by atoms with Gasteiger partial charge in [-0.1, -0.05) is 43.3 Å². The van der Waals surface area contributed by atoms with Gasteiger partial charge in [0.15, 0.2) is 5.13 Å². The van der Waals surface area contributed by atoms with Crippen molar-refractivity contribution in [2.45, 2.75) is 33.8 Å². The lowest BCUT2D eigenvalue weighted by Crippen LogP contribution is -2.23. The van der Waals surface area contributed by atoms with Crippen LogP contribution in [0.15, 0.2) is 58.3 Å². The van der Waals surface area contributed by atoms with Gasteiger partial charge in [0, 0.05) is 23.3 Å². The van der Waals surface area contributed by atoms with Crippen molar-refractivity contribution in [3.8, 4) is 0 Å². The molecule has 0 radical (unpaired) electrons. The first-order chi connectivity index (χ1) is 15.0. The molecule has 4 aromatic rings. The summed E-state index contributed by atoms with van der Waals surface area (Å²) >= 11 is 1.33. The zero-order chi connectivity index (χ0) is 22.0. The van der Waals surface area contributed by atoms with Gasteiger partial charge < -0.3 is 9.15 Å². The van der Waals surface area contributed by atoms with Crippen LogP contribution in [0.1, 0.15) is 41.2 Å². The molecule has 1 amide bonds. The molecule has 7 heteroatoms. The quantitative estimate of drug-likeness (QED) is 0.359. The van der Waals surface area contributed by atoms with Crippen molar-refractivity contribution < 1.29 is 18.7 Å². The molecule has 0 fully saturated rings. The van der Waals surface area contributed by atoms with Crippen LogP contribution in [0.2, 0.25) is 0 Å². The number of aryl methyl sites for hydroxylation is 2. The molecule has 0 bridgehead atoms. The molecule has 31 heavy (non-hydrogen) atoms. The molecule has 158 valence electrons. The molecule has 0 saturated carbocycles. The largest absolute Gasteiger partial charge is 0.453 e. The van der Waals surface area contributed by atoms with E-state index in [0.717, 1.165) is 28.6 Å². The molecule has 0 aliphatic heterocycles. The Hall–Kier alpha value is -3.45. The first-order valence-corrected chi connectivity index (χ1v) is 10.9. The molecule has 0 atom stereocenters. The van der Waals surface area contributed by atoms with Crippen LogP contribution in [-0.4, -0.2) is 16.9 Å². The van der Waals surface area contributed by atoms with E-state index < -0.39 is 5.97 Å². The number of aromatic nitrogens is 1. The summed E-state index contributed by atoms with van der Waals surface area (Å²) in [6.07, 6.45) is 0.798. The Kier molecular flexibility index (Phi) is 5.86. The minimum atomic E-state index is -0.539. The average Bonchev–Trinajstić information content (AvgIpc) is 3.37. The fourth-order valence-corrected chi connectivity index (χ4v) is 4.34. The standard InChI is InChI=1S/C24H22N2O4S/c1-4-17-9-5-7-11-20(17)26(16(3)27)24-25-18(14-31-24)13-29-23(28)22-15(2)19-10-6-8-12-21(19)30-22/h5-12,14H,4,13H2,1-3H3. The number of rotatable bonds is 6. The Labute approximate surface area is 184 Å². The van der Waals surface area contributed by atoms with E-state index in [2.05, 4.69) is 4.98 Å². The maximum atomic E-state index is 12.6. The summed E-state index contributed by atoms with van der Waals surface area (Å²) in [6.45, 7) is 5.38. The number of carbonyl (C=O) groups is 2. The lowest BCUT2D eigenvalue weighted by Gasteiger charge is -2.20. The molecule has 0 aliphatic carbocycles. The van der Waals surface area contributed by atoms with Gasteiger partial charge in [-0.3, -0.25) is 9.69 Å². The van der Waals surface area contributed by atoms with Crippen LogP contribution in [0.25, 0.3) is 11.0 Å². The van der Waals surface area contributed by atoms with E-state index in [0.29, 0.717) is 16.4 Å². The minimum Gasteiger partial charge on any atom is -0.453 e. The van der Waals surface area contributed by atoms with Crippen LogP contribution in [0, 0.1) is 6.92 Å². The van der Waals surface area contributed by atoms with Crippen molar-refractivity contribution in [3.05, 3.63) is 76.5 Å². The molecule has 0 aliphatic rings. The summed E-state index contributed by atoms with van der Waals surface area (Å²) in [7, 11) is 0. The highest BCUT2D eigenvalue weighted by Crippen LogP contribution is 2.32. The molecule has 0 spiro atoms. The Morgan fingerprint density at radius 2 is 1.87 bits per heavy atom. The first kappa shape index (κ1) is 20.8. The first-order valence-electron chi connectivity index (χ1n) is 9.97. The van der Waals surface area contributed by atoms with Crippen LogP contribution < -0.4 is 4.90 Å². The van der Waals surface area contributed by atoms with E-state index in [-0.39, 0.29) is 18.3 Å². The molecule has 0 saturated heterocycles. The maximum absolute atomic E-state index is 12.6. The highest BCUT2D eigenvalue weighted by Gasteiger charge is 2.22. The van der Waals surface area contributed by atoms with Crippen LogP contribution in [-0.2, 0) is 22.6 Å². The average molecular weight is 435 g/mol. The Bertz CT molecular complexity index is 1260. The number of esters is 1. The van der Waals surface area contributed by atoms with Gasteiger partial charge in [0.1, 0.15) is 12.2 Å². The van der Waals surface area contributed by atoms with Crippen molar-refractivity contribution in [1.29, 1.82) is 0 Å². The number of fused-ring (bicyclic) bond motifs is 1. The Morgan fingerprint density at radius 1 is 1.13 bits per heavy atom. The zero-order valence-electron chi connectivity index (χ0n) is 17.5. The molecule has 6 nitrogen and oxygen atoms in total. The minimum absolute atomic E-state index is 0.00696. The molecule has 0 unspecified atom stereocenters. The third kappa shape index (κ3) is 4.09. The molecule has 4 rings (SSSR count). The van der Waals surface area contributed by atoms with Crippen molar-refractivity contribution in [2.24, 2.45) is 0 Å². The number of para-hydroxylation sites is 2. The molecule has 2 aromatic heterocycles. The van der Waals surface area contributed by atoms with Gasteiger partial charge in [-0.15, -0.1) is 11.3 Å². The number of thiazole rings is 1. The van der Waals surface area contributed by atoms with E-state index in [1.165, 1.54) is 18.3 Å². The van der Waals surface area contributed by atoms with Crippen LogP contribution >= 0.6 is 11.3 Å². The van der Waals surface area contributed by atoms with Gasteiger partial charge in [0.2, 0.25) is 11.7 Å². The number of benzene rings is 2. The predicted octanol–water partition coefficient (Wildman–Crippen LogP) is 5.80. The second-order valence-corrected chi connectivity index (χ2v) is 7.92. The van der Waals surface area contributed by atoms with Crippen molar-refractivity contribution >= 4 is 45.0 Å². The van der Waals surface area contributed by atoms with Crippen LogP contribution in [0.5, 0.6) is 0 Å². The number of amides is 1. The Morgan fingerprint density at radius 3 is 2.61 bits per heavy atom. The Balaban J connectivity index is 1.52. The smallest absolute Gasteiger partial charge is 0.374 e. The van der Waals surface area contributed by atoms with Gasteiger partial charge in [0.25, 0.3) is 0 Å². The second kappa shape index (κ2) is 8.73. The summed E-state index contributed by atoms with van der Waals surface area (Å²) in [5, 5.41) is 3.22. The lowest BCUT2D eigenvalue weighted by atomic mass is 10.1. The number of hydrogen-bond acceptors (Lipinski definition) is 6. The summed E-state index contributed by atoms with van der Waals surface area (Å²) in [5.41, 5.74) is 3.84. The fourth-order valence-electron chi connectivity index (χ4n) is 3.47. The van der Waals surface area contributed by atoms with Crippen LogP contribution in [0.4, 0.5) is 10.8 Å². The fraction of sp³-hybridized carbons (Fsp3) is 0.208. The van der Waals surface area contributed by atoms with Gasteiger partial charge in [0.05, 0.1) is 11.4 Å². The number of nitrogens with zero attached hydrogens (tertiary/aromatic N) is 2. The molecule has 2 aromatic carbocycles. The van der Waals surface area contributed by atoms with Gasteiger partial charge in [-0.05, 0) is 31.0 Å². The van der Waals surface area contributed by atoms with E-state index in [1.54, 1.807) is 10.3 Å². The topological polar surface area (TPSA) is 72.6 Å². The van der Waals surface area contributed by atoms with Crippen molar-refractivity contribution in [1.82, 2.24) is 4.98 Å². The number of carbonyl (C=O) groups excluding carboxylic acids is 2. The monoisotopic (exact) mass is 434 g/mol. The number of furan rings is 1. The van der Waals surface area contributed by atoms with E-state index >= 15 is 0 Å². The van der Waals surface area contributed by atoms with E-state index in [4.69, 9.17) is 9.15 Å². The molecular weight excluding hydrogens is 412 g/mol. The second-order valence-electron chi connectivity index (χ2n) is 7.09. The highest BCUT2D eigenvalue weighted by molar-refractivity contribution is 7.14. The normalized spacial score (nSPS) is 10.9. The van der Waals surface area contributed by atoms with E-state index in [1.807, 2.05) is 62.4 Å². The van der Waals surface area contributed by atoms with Crippen molar-refractivity contribution in [3.63, 3.8) is 0 Å². The third-order valence-electron chi connectivity index (χ3n) is 5.04. The summed E-state index contributed by atoms with van der Waals surface area (Å²) in [4.78, 5) is 31.1. The predicted molar refractivity (Wildman–Crippen MR) is 121 cm³/mol. The van der Waals surface area contributed by atoms with Crippen LogP contribution in [0.3, 0.4) is 0 Å². The summed E-state index contributed by atoms with van der Waals surface area (Å²) in [5.74, 6) is -0.474. The summed E-state index contributed by atoms with van der Waals surface area (Å²) in [6, 6.07) is 15.2. The zero-order valence-corrected chi connectivity index (χ0v) is 18.4. The van der Waals surface area contributed by atoms with Crippen molar-refractivity contribution in [2.75, 3.05) is 4.90 Å². The van der Waals surface area contributed by atoms with Gasteiger partial charge >= 0.3 is 5.97 Å². The molecular formula is C24H22N2O4S. The SMILES string of the molecule is CCc1ccccc1N(C(C)=O)c1nc(COC(=O)c2oc3ccccc3c2C)cs1. The number of anilines is 2. The maximum Gasteiger partial charge on any atom is 0.374 e. The lowest BCUT2D eigenvalue weighted by molar-refractivity contribution is -0.115. The number of ether oxygens (including phenoxy) is 1. The number of hydrogen-bond donors (Lipinski definition) is 0. The molecule has 2 heterocycles. The summed E-state index contributed by atoms with van der Waals surface area (Å²) < 4.78 is 11.1. The third-order valence-corrected chi connectivity index (χ3v) is 5.91.